The van der Waals surface area contributed by atoms with E-state index in [0.717, 1.165) is 4.57 Å². The minimum atomic E-state index is -4.64. The van der Waals surface area contributed by atoms with Gasteiger partial charge in [-0.2, -0.15) is 26.3 Å². The van der Waals surface area contributed by atoms with E-state index < -0.39 is 30.9 Å². The molecule has 0 saturated carbocycles. The average Bonchev–Trinajstić information content (AvgIpc) is 2.83. The molecule has 1 N–H and O–H groups in total. The molecule has 4 nitrogen and oxygen atoms in total. The van der Waals surface area contributed by atoms with Crippen LogP contribution in [0.4, 0.5) is 26.3 Å². The van der Waals surface area contributed by atoms with Crippen molar-refractivity contribution in [3.8, 4) is 0 Å². The third kappa shape index (κ3) is 5.10. The summed E-state index contributed by atoms with van der Waals surface area (Å²) in [6.45, 7) is -0.461. The van der Waals surface area contributed by atoms with E-state index >= 15 is 0 Å². The van der Waals surface area contributed by atoms with Crippen molar-refractivity contribution in [1.82, 2.24) is 14.5 Å². The van der Waals surface area contributed by atoms with Crippen LogP contribution in [0.15, 0.2) is 12.4 Å². The number of likely N-dealkylation sites (tertiary alicyclic amines) is 1. The molecule has 1 unspecified atom stereocenters. The molecule has 1 atom stereocenters. The molecule has 1 saturated heterocycles. The molecule has 1 fully saturated rings. The lowest BCUT2D eigenvalue weighted by Gasteiger charge is -2.34. The van der Waals surface area contributed by atoms with Crippen molar-refractivity contribution >= 4 is 0 Å². The van der Waals surface area contributed by atoms with Crippen LogP contribution in [0.5, 0.6) is 0 Å². The molecule has 1 aliphatic rings. The van der Waals surface area contributed by atoms with Crippen molar-refractivity contribution in [2.45, 2.75) is 44.4 Å². The molecule has 0 aromatic carbocycles. The van der Waals surface area contributed by atoms with E-state index in [-0.39, 0.29) is 38.3 Å². The Morgan fingerprint density at radius 2 is 1.78 bits per heavy atom. The highest BCUT2D eigenvalue weighted by atomic mass is 19.4. The van der Waals surface area contributed by atoms with Crippen LogP contribution in [-0.4, -0.2) is 51.1 Å². The highest BCUT2D eigenvalue weighted by molar-refractivity contribution is 4.94. The monoisotopic (exact) mass is 345 g/mol. The number of aliphatic hydroxyl groups is 1. The zero-order chi connectivity index (χ0) is 17.3. The smallest absolute Gasteiger partial charge is 0.383 e. The fourth-order valence-electron chi connectivity index (χ4n) is 2.72. The van der Waals surface area contributed by atoms with Crippen LogP contribution < -0.4 is 0 Å². The second kappa shape index (κ2) is 6.68. The van der Waals surface area contributed by atoms with Crippen molar-refractivity contribution in [3.63, 3.8) is 0 Å². The zero-order valence-corrected chi connectivity index (χ0v) is 12.1. The summed E-state index contributed by atoms with van der Waals surface area (Å²) in [5.74, 6) is -0.654. The lowest BCUT2D eigenvalue weighted by atomic mass is 9.91. The number of piperidine rings is 1. The number of rotatable bonds is 4. The number of aliphatic hydroxyl groups excluding tert-OH is 1. The number of hydrogen-bond acceptors (Lipinski definition) is 3. The fourth-order valence-corrected chi connectivity index (χ4v) is 2.72. The molecule has 0 bridgehead atoms. The summed E-state index contributed by atoms with van der Waals surface area (Å²) in [4.78, 5) is 5.62. The normalized spacial score (nSPS) is 20.0. The molecule has 0 radical (unpaired) electrons. The van der Waals surface area contributed by atoms with Crippen LogP contribution in [-0.2, 0) is 13.1 Å². The van der Waals surface area contributed by atoms with Gasteiger partial charge in [0.15, 0.2) is 6.10 Å². The molecule has 10 heteroatoms. The third-order valence-corrected chi connectivity index (χ3v) is 3.93. The van der Waals surface area contributed by atoms with Crippen LogP contribution >= 0.6 is 0 Å². The summed E-state index contributed by atoms with van der Waals surface area (Å²) in [5.41, 5.74) is 0. The Morgan fingerprint density at radius 1 is 1.17 bits per heavy atom. The van der Waals surface area contributed by atoms with E-state index in [1.807, 2.05) is 0 Å². The summed E-state index contributed by atoms with van der Waals surface area (Å²) in [5, 5.41) is 9.24. The Balaban J connectivity index is 1.89. The molecule has 2 rings (SSSR count). The SMILES string of the molecule is OC(C1CCN(Cc2nccn2CC(F)(F)F)CC1)C(F)(F)F. The van der Waals surface area contributed by atoms with Gasteiger partial charge in [-0.15, -0.1) is 0 Å². The highest BCUT2D eigenvalue weighted by Crippen LogP contribution is 2.32. The Labute approximate surface area is 128 Å². The van der Waals surface area contributed by atoms with Gasteiger partial charge in [-0.25, -0.2) is 4.98 Å². The Kier molecular flexibility index (Phi) is 5.24. The van der Waals surface area contributed by atoms with Gasteiger partial charge in [0.1, 0.15) is 12.4 Å². The van der Waals surface area contributed by atoms with Crippen molar-refractivity contribution in [2.75, 3.05) is 13.1 Å². The van der Waals surface area contributed by atoms with E-state index in [4.69, 9.17) is 0 Å². The van der Waals surface area contributed by atoms with Gasteiger partial charge in [-0.05, 0) is 31.8 Å². The first-order valence-corrected chi connectivity index (χ1v) is 7.10. The summed E-state index contributed by atoms with van der Waals surface area (Å²) >= 11 is 0. The first-order valence-electron chi connectivity index (χ1n) is 7.10. The van der Waals surface area contributed by atoms with Crippen LogP contribution in [0, 0.1) is 5.92 Å². The van der Waals surface area contributed by atoms with Gasteiger partial charge in [-0.3, -0.25) is 4.90 Å². The first kappa shape index (κ1) is 18.1. The quantitative estimate of drug-likeness (QED) is 0.853. The van der Waals surface area contributed by atoms with Gasteiger partial charge in [0.25, 0.3) is 0 Å². The van der Waals surface area contributed by atoms with Crippen LogP contribution in [0.25, 0.3) is 0 Å². The number of imidazole rings is 1. The van der Waals surface area contributed by atoms with Crippen LogP contribution in [0.1, 0.15) is 18.7 Å². The van der Waals surface area contributed by atoms with Gasteiger partial charge in [0.05, 0.1) is 6.54 Å². The molecular weight excluding hydrogens is 328 g/mol. The number of alkyl halides is 6. The maximum absolute atomic E-state index is 12.5. The van der Waals surface area contributed by atoms with Crippen LogP contribution in [0.3, 0.4) is 0 Å². The second-order valence-corrected chi connectivity index (χ2v) is 5.69. The number of hydrogen-bond donors (Lipinski definition) is 1. The molecule has 23 heavy (non-hydrogen) atoms. The van der Waals surface area contributed by atoms with E-state index in [0.29, 0.717) is 0 Å². The van der Waals surface area contributed by atoms with E-state index in [9.17, 15) is 31.4 Å². The largest absolute Gasteiger partial charge is 0.414 e. The van der Waals surface area contributed by atoms with Gasteiger partial charge < -0.3 is 9.67 Å². The lowest BCUT2D eigenvalue weighted by molar-refractivity contribution is -0.223. The Bertz CT molecular complexity index is 505. The first-order chi connectivity index (χ1) is 10.6. The van der Waals surface area contributed by atoms with Gasteiger partial charge in [-0.1, -0.05) is 0 Å². The number of halogens is 6. The fraction of sp³-hybridized carbons (Fsp3) is 0.769. The third-order valence-electron chi connectivity index (χ3n) is 3.93. The molecule has 0 amide bonds. The predicted molar refractivity (Wildman–Crippen MR) is 68.3 cm³/mol. The molecule has 1 aliphatic heterocycles. The molecule has 0 aliphatic carbocycles. The minimum Gasteiger partial charge on any atom is -0.383 e. The van der Waals surface area contributed by atoms with Crippen LogP contribution in [0.2, 0.25) is 0 Å². The van der Waals surface area contributed by atoms with Crippen molar-refractivity contribution < 1.29 is 31.4 Å². The summed E-state index contributed by atoms with van der Waals surface area (Å²) in [6, 6.07) is 0. The maximum atomic E-state index is 12.5. The molecule has 1 aromatic rings. The second-order valence-electron chi connectivity index (χ2n) is 5.69. The summed E-state index contributed by atoms with van der Waals surface area (Å²) < 4.78 is 75.7. The topological polar surface area (TPSA) is 41.3 Å². The van der Waals surface area contributed by atoms with Crippen molar-refractivity contribution in [3.05, 3.63) is 18.2 Å². The van der Waals surface area contributed by atoms with Gasteiger partial charge in [0.2, 0.25) is 0 Å². The Morgan fingerprint density at radius 3 is 2.30 bits per heavy atom. The van der Waals surface area contributed by atoms with Gasteiger partial charge >= 0.3 is 12.4 Å². The summed E-state index contributed by atoms with van der Waals surface area (Å²) in [6.07, 6.45) is -8.59. The van der Waals surface area contributed by atoms with Crippen molar-refractivity contribution in [2.24, 2.45) is 5.92 Å². The van der Waals surface area contributed by atoms with E-state index in [2.05, 4.69) is 4.98 Å². The van der Waals surface area contributed by atoms with Crippen molar-refractivity contribution in [1.29, 1.82) is 0 Å². The predicted octanol–water partition coefficient (Wildman–Crippen LogP) is 2.58. The lowest BCUT2D eigenvalue weighted by Crippen LogP contribution is -2.43. The summed E-state index contributed by atoms with van der Waals surface area (Å²) in [7, 11) is 0. The molecule has 2 heterocycles. The molecule has 1 aromatic heterocycles. The van der Waals surface area contributed by atoms with E-state index in [1.54, 1.807) is 4.90 Å². The minimum absolute atomic E-state index is 0.137. The molecule has 0 spiro atoms. The standard InChI is InChI=1S/C13H17F6N3O/c14-12(15,16)8-22-6-3-20-10(22)7-21-4-1-9(2-5-21)11(23)13(17,18)19/h3,6,9,11,23H,1-2,4-5,7-8H2. The van der Waals surface area contributed by atoms with E-state index in [1.165, 1.54) is 12.4 Å². The van der Waals surface area contributed by atoms with Gasteiger partial charge in [0, 0.05) is 12.4 Å². The molecule has 132 valence electrons. The number of aromatic nitrogens is 2. The number of nitrogens with zero attached hydrogens (tertiary/aromatic N) is 3. The zero-order valence-electron chi connectivity index (χ0n) is 12.1. The maximum Gasteiger partial charge on any atom is 0.414 e. The average molecular weight is 345 g/mol. The Hall–Kier alpha value is -1.29. The molecular formula is C13H17F6N3O. The highest BCUT2D eigenvalue weighted by Gasteiger charge is 2.44.